The fraction of sp³-hybridized carbons (Fsp3) is 0.889. The van der Waals surface area contributed by atoms with Gasteiger partial charge in [0.05, 0.1) is 11.1 Å². The minimum absolute atomic E-state index is 0.698. The first-order valence-corrected chi connectivity index (χ1v) is 5.51. The molecule has 1 aliphatic carbocycles. The highest BCUT2D eigenvalue weighted by Crippen LogP contribution is 2.37. The first kappa shape index (κ1) is 7.66. The van der Waals surface area contributed by atoms with Crippen LogP contribution in [0.1, 0.15) is 39.0 Å². The summed E-state index contributed by atoms with van der Waals surface area (Å²) in [6, 6.07) is 0.698. The van der Waals surface area contributed by atoms with Gasteiger partial charge >= 0.3 is 0 Å². The van der Waals surface area contributed by atoms with Crippen LogP contribution in [0.25, 0.3) is 0 Å². The summed E-state index contributed by atoms with van der Waals surface area (Å²) in [6.45, 7) is 2.21. The minimum atomic E-state index is 0.698. The maximum absolute atomic E-state index is 4.71. The quantitative estimate of drug-likeness (QED) is 0.588. The zero-order valence-electron chi connectivity index (χ0n) is 7.05. The third kappa shape index (κ3) is 1.46. The van der Waals surface area contributed by atoms with Crippen molar-refractivity contribution in [3.8, 4) is 0 Å². The van der Waals surface area contributed by atoms with Crippen LogP contribution >= 0.6 is 11.8 Å². The lowest BCUT2D eigenvalue weighted by Crippen LogP contribution is -2.21. The standard InChI is InChI=1S/C9H15NS/c1-2-9-10-7-5-3-4-6-8(7)11-9/h7-8H,2-6H2,1H3. The molecular formula is C9H15NS. The Kier molecular flexibility index (Phi) is 2.21. The van der Waals surface area contributed by atoms with Gasteiger partial charge < -0.3 is 0 Å². The lowest BCUT2D eigenvalue weighted by atomic mass is 9.95. The van der Waals surface area contributed by atoms with Gasteiger partial charge in [0, 0.05) is 5.25 Å². The van der Waals surface area contributed by atoms with E-state index in [0.29, 0.717) is 6.04 Å². The number of hydrogen-bond donors (Lipinski definition) is 0. The van der Waals surface area contributed by atoms with Gasteiger partial charge in [0.15, 0.2) is 0 Å². The third-order valence-electron chi connectivity index (χ3n) is 2.57. The van der Waals surface area contributed by atoms with Crippen LogP contribution in [0, 0.1) is 0 Å². The number of thioether (sulfide) groups is 1. The van der Waals surface area contributed by atoms with Gasteiger partial charge in [-0.05, 0) is 19.3 Å². The molecule has 0 bridgehead atoms. The van der Waals surface area contributed by atoms with Gasteiger partial charge in [0.1, 0.15) is 0 Å². The normalized spacial score (nSPS) is 36.6. The summed E-state index contributed by atoms with van der Waals surface area (Å²) in [6.07, 6.45) is 6.74. The highest BCUT2D eigenvalue weighted by molar-refractivity contribution is 8.14. The van der Waals surface area contributed by atoms with Crippen molar-refractivity contribution in [1.29, 1.82) is 0 Å². The van der Waals surface area contributed by atoms with Crippen molar-refractivity contribution in [2.75, 3.05) is 0 Å². The van der Waals surface area contributed by atoms with Gasteiger partial charge in [-0.15, -0.1) is 11.8 Å². The molecule has 2 rings (SSSR count). The first-order chi connectivity index (χ1) is 5.40. The highest BCUT2D eigenvalue weighted by Gasteiger charge is 2.30. The average molecular weight is 169 g/mol. The van der Waals surface area contributed by atoms with Gasteiger partial charge in [-0.3, -0.25) is 4.99 Å². The lowest BCUT2D eigenvalue weighted by molar-refractivity contribution is 0.461. The maximum Gasteiger partial charge on any atom is 0.0680 e. The summed E-state index contributed by atoms with van der Waals surface area (Å²) in [4.78, 5) is 4.71. The van der Waals surface area contributed by atoms with E-state index in [1.165, 1.54) is 30.7 Å². The molecule has 0 radical (unpaired) electrons. The second kappa shape index (κ2) is 3.18. The molecule has 0 spiro atoms. The molecule has 0 aromatic rings. The smallest absolute Gasteiger partial charge is 0.0680 e. The molecule has 0 amide bonds. The van der Waals surface area contributed by atoms with E-state index in [1.807, 2.05) is 11.8 Å². The van der Waals surface area contributed by atoms with Gasteiger partial charge in [0.25, 0.3) is 0 Å². The summed E-state index contributed by atoms with van der Waals surface area (Å²) >= 11 is 2.04. The van der Waals surface area contributed by atoms with E-state index < -0.39 is 0 Å². The zero-order valence-corrected chi connectivity index (χ0v) is 7.86. The van der Waals surface area contributed by atoms with Crippen molar-refractivity contribution in [2.45, 2.75) is 50.3 Å². The highest BCUT2D eigenvalue weighted by atomic mass is 32.2. The first-order valence-electron chi connectivity index (χ1n) is 4.63. The van der Waals surface area contributed by atoms with Crippen LogP contribution in [0.4, 0.5) is 0 Å². The monoisotopic (exact) mass is 169 g/mol. The van der Waals surface area contributed by atoms with E-state index in [2.05, 4.69) is 6.92 Å². The molecule has 2 atom stereocenters. The molecule has 2 unspecified atom stereocenters. The Morgan fingerprint density at radius 2 is 2.27 bits per heavy atom. The molecule has 1 nitrogen and oxygen atoms in total. The molecule has 2 aliphatic rings. The fourth-order valence-electron chi connectivity index (χ4n) is 1.93. The summed E-state index contributed by atoms with van der Waals surface area (Å²) in [5, 5.41) is 2.26. The Hall–Kier alpha value is 0.0200. The van der Waals surface area contributed by atoms with Crippen molar-refractivity contribution in [3.63, 3.8) is 0 Å². The van der Waals surface area contributed by atoms with E-state index in [9.17, 15) is 0 Å². The summed E-state index contributed by atoms with van der Waals surface area (Å²) < 4.78 is 0. The predicted molar refractivity (Wildman–Crippen MR) is 51.4 cm³/mol. The van der Waals surface area contributed by atoms with E-state index >= 15 is 0 Å². The van der Waals surface area contributed by atoms with Gasteiger partial charge in [0.2, 0.25) is 0 Å². The Morgan fingerprint density at radius 1 is 1.45 bits per heavy atom. The van der Waals surface area contributed by atoms with Crippen LogP contribution in [0.5, 0.6) is 0 Å². The number of fused-ring (bicyclic) bond motifs is 1. The molecule has 2 heteroatoms. The Morgan fingerprint density at radius 3 is 3.00 bits per heavy atom. The summed E-state index contributed by atoms with van der Waals surface area (Å²) in [5.41, 5.74) is 0. The van der Waals surface area contributed by atoms with Crippen molar-refractivity contribution >= 4 is 16.8 Å². The summed E-state index contributed by atoms with van der Waals surface area (Å²) in [5.74, 6) is 0. The van der Waals surface area contributed by atoms with E-state index in [1.54, 1.807) is 0 Å². The molecule has 1 saturated carbocycles. The SMILES string of the molecule is CCC1=NC2CCCCC2S1. The van der Waals surface area contributed by atoms with Crippen molar-refractivity contribution in [3.05, 3.63) is 0 Å². The molecular weight excluding hydrogens is 154 g/mol. The molecule has 0 aromatic carbocycles. The molecule has 62 valence electrons. The predicted octanol–water partition coefficient (Wildman–Crippen LogP) is 2.85. The van der Waals surface area contributed by atoms with Crippen LogP contribution in [0.3, 0.4) is 0 Å². The maximum atomic E-state index is 4.71. The second-order valence-corrected chi connectivity index (χ2v) is 4.70. The average Bonchev–Trinajstić information content (AvgIpc) is 2.46. The van der Waals surface area contributed by atoms with Crippen LogP contribution in [-0.2, 0) is 0 Å². The Labute approximate surface area is 72.7 Å². The van der Waals surface area contributed by atoms with Gasteiger partial charge in [-0.2, -0.15) is 0 Å². The molecule has 0 aromatic heterocycles. The fourth-order valence-corrected chi connectivity index (χ4v) is 3.28. The molecule has 1 heterocycles. The lowest BCUT2D eigenvalue weighted by Gasteiger charge is -2.21. The van der Waals surface area contributed by atoms with Crippen molar-refractivity contribution in [2.24, 2.45) is 4.99 Å². The van der Waals surface area contributed by atoms with Crippen LogP contribution in [-0.4, -0.2) is 16.3 Å². The minimum Gasteiger partial charge on any atom is -0.278 e. The van der Waals surface area contributed by atoms with Crippen molar-refractivity contribution < 1.29 is 0 Å². The van der Waals surface area contributed by atoms with E-state index in [0.717, 1.165) is 11.7 Å². The Balaban J connectivity index is 2.02. The number of aliphatic imine (C=N–C) groups is 1. The molecule has 1 fully saturated rings. The van der Waals surface area contributed by atoms with Gasteiger partial charge in [-0.25, -0.2) is 0 Å². The van der Waals surface area contributed by atoms with Crippen LogP contribution in [0.2, 0.25) is 0 Å². The van der Waals surface area contributed by atoms with E-state index in [4.69, 9.17) is 4.99 Å². The number of hydrogen-bond acceptors (Lipinski definition) is 2. The number of rotatable bonds is 1. The Bertz CT molecular complexity index is 176. The van der Waals surface area contributed by atoms with Gasteiger partial charge in [-0.1, -0.05) is 19.8 Å². The molecule has 1 aliphatic heterocycles. The largest absolute Gasteiger partial charge is 0.278 e. The molecule has 11 heavy (non-hydrogen) atoms. The van der Waals surface area contributed by atoms with E-state index in [-0.39, 0.29) is 0 Å². The van der Waals surface area contributed by atoms with Crippen LogP contribution in [0.15, 0.2) is 4.99 Å². The van der Waals surface area contributed by atoms with Crippen LogP contribution < -0.4 is 0 Å². The molecule has 0 saturated heterocycles. The second-order valence-electron chi connectivity index (χ2n) is 3.38. The summed E-state index contributed by atoms with van der Waals surface area (Å²) in [7, 11) is 0. The zero-order chi connectivity index (χ0) is 7.68. The number of nitrogens with zero attached hydrogens (tertiary/aromatic N) is 1. The molecule has 0 N–H and O–H groups in total. The topological polar surface area (TPSA) is 12.4 Å². The van der Waals surface area contributed by atoms with Crippen molar-refractivity contribution in [1.82, 2.24) is 0 Å². The third-order valence-corrected chi connectivity index (χ3v) is 4.09.